The number of aromatic nitrogens is 4. The lowest BCUT2D eigenvalue weighted by atomic mass is 9.88. The highest BCUT2D eigenvalue weighted by Gasteiger charge is 2.41. The summed E-state index contributed by atoms with van der Waals surface area (Å²) >= 11 is 0. The van der Waals surface area contributed by atoms with E-state index in [9.17, 15) is 14.7 Å². The minimum Gasteiger partial charge on any atom is -0.492 e. The Balaban J connectivity index is 1.21. The number of nitrogens with two attached hydrogens (primary N) is 1. The molecule has 0 spiro atoms. The van der Waals surface area contributed by atoms with E-state index in [0.717, 1.165) is 13.0 Å². The first kappa shape index (κ1) is 23.0. The van der Waals surface area contributed by atoms with E-state index in [1.165, 1.54) is 6.33 Å². The van der Waals surface area contributed by atoms with Gasteiger partial charge in [-0.3, -0.25) is 9.59 Å². The van der Waals surface area contributed by atoms with Gasteiger partial charge in [-0.1, -0.05) is 0 Å². The van der Waals surface area contributed by atoms with Crippen LogP contribution < -0.4 is 10.5 Å². The molecular formula is C24H29N7O4. The molecule has 184 valence electrons. The zero-order valence-corrected chi connectivity index (χ0v) is 19.6. The van der Waals surface area contributed by atoms with Gasteiger partial charge in [-0.05, 0) is 44.0 Å². The van der Waals surface area contributed by atoms with Crippen LogP contribution in [0.5, 0.6) is 5.75 Å². The lowest BCUT2D eigenvalue weighted by Gasteiger charge is -2.43. The van der Waals surface area contributed by atoms with E-state index in [2.05, 4.69) is 15.0 Å². The Morgan fingerprint density at radius 3 is 2.74 bits per heavy atom. The fourth-order valence-corrected chi connectivity index (χ4v) is 4.96. The highest BCUT2D eigenvalue weighted by Crippen LogP contribution is 2.34. The number of carbonyl (C=O) groups excluding carboxylic acids is 2. The molecule has 11 nitrogen and oxygen atoms in total. The van der Waals surface area contributed by atoms with Gasteiger partial charge < -0.3 is 29.9 Å². The summed E-state index contributed by atoms with van der Waals surface area (Å²) in [4.78, 5) is 40.9. The molecule has 2 fully saturated rings. The molecular weight excluding hydrogens is 450 g/mol. The molecule has 4 heterocycles. The minimum atomic E-state index is -1.20. The number of β-amino-alcohol motifs (C(OH)–C–C–N with tert-alkyl or cyclic N) is 1. The van der Waals surface area contributed by atoms with Crippen LogP contribution in [0.4, 0.5) is 5.82 Å². The average Bonchev–Trinajstić information content (AvgIpc) is 3.45. The lowest BCUT2D eigenvalue weighted by molar-refractivity contribution is -0.128. The molecule has 0 unspecified atom stereocenters. The van der Waals surface area contributed by atoms with Gasteiger partial charge >= 0.3 is 0 Å². The van der Waals surface area contributed by atoms with Crippen molar-refractivity contribution in [2.75, 3.05) is 38.5 Å². The minimum absolute atomic E-state index is 0.153. The number of imidazole rings is 1. The average molecular weight is 480 g/mol. The number of benzene rings is 1. The summed E-state index contributed by atoms with van der Waals surface area (Å²) in [7, 11) is 0. The summed E-state index contributed by atoms with van der Waals surface area (Å²) < 4.78 is 7.56. The molecule has 5 rings (SSSR count). The summed E-state index contributed by atoms with van der Waals surface area (Å²) in [5.41, 5.74) is 6.28. The predicted octanol–water partition coefficient (Wildman–Crippen LogP) is 1.25. The van der Waals surface area contributed by atoms with Crippen LogP contribution >= 0.6 is 0 Å². The van der Waals surface area contributed by atoms with E-state index >= 15 is 0 Å². The van der Waals surface area contributed by atoms with Crippen LogP contribution in [0, 0.1) is 0 Å². The van der Waals surface area contributed by atoms with E-state index in [1.54, 1.807) is 42.4 Å². The summed E-state index contributed by atoms with van der Waals surface area (Å²) in [5.74, 6) is 0.956. The molecule has 2 aliphatic heterocycles. The number of nitrogen functional groups attached to an aromatic ring is 1. The van der Waals surface area contributed by atoms with Crippen molar-refractivity contribution in [2.45, 2.75) is 37.8 Å². The molecule has 2 amide bonds. The van der Waals surface area contributed by atoms with Crippen molar-refractivity contribution in [3.8, 4) is 5.75 Å². The summed E-state index contributed by atoms with van der Waals surface area (Å²) in [6.45, 7) is 4.12. The number of carbonyl (C=O) groups is 2. The molecule has 0 bridgehead atoms. The van der Waals surface area contributed by atoms with Crippen LogP contribution in [0.1, 0.15) is 42.6 Å². The SMILES string of the molecule is C[C@@]1(O)CN(C(=O)c2ccc(OCCN3CCCC3=O)cc2)CC[C@H]1n1cnc2c(N)ncnc21. The summed E-state index contributed by atoms with van der Waals surface area (Å²) in [6.07, 6.45) is 5.04. The molecule has 35 heavy (non-hydrogen) atoms. The quantitative estimate of drug-likeness (QED) is 0.538. The van der Waals surface area contributed by atoms with Crippen molar-refractivity contribution in [3.05, 3.63) is 42.5 Å². The number of anilines is 1. The second kappa shape index (κ2) is 9.14. The van der Waals surface area contributed by atoms with E-state index in [4.69, 9.17) is 10.5 Å². The normalized spacial score (nSPS) is 22.7. The molecule has 2 aromatic heterocycles. The van der Waals surface area contributed by atoms with Gasteiger partial charge in [-0.15, -0.1) is 0 Å². The number of nitrogens with zero attached hydrogens (tertiary/aromatic N) is 6. The molecule has 0 aliphatic carbocycles. The Morgan fingerprint density at radius 2 is 2.03 bits per heavy atom. The van der Waals surface area contributed by atoms with Crippen LogP contribution in [0.25, 0.3) is 11.2 Å². The van der Waals surface area contributed by atoms with Crippen molar-refractivity contribution in [1.82, 2.24) is 29.3 Å². The maximum atomic E-state index is 13.1. The highest BCUT2D eigenvalue weighted by molar-refractivity contribution is 5.94. The maximum absolute atomic E-state index is 13.1. The van der Waals surface area contributed by atoms with Crippen molar-refractivity contribution in [3.63, 3.8) is 0 Å². The van der Waals surface area contributed by atoms with Gasteiger partial charge in [0.1, 0.15) is 29.8 Å². The third-order valence-corrected chi connectivity index (χ3v) is 6.81. The first-order valence-electron chi connectivity index (χ1n) is 11.8. The second-order valence-corrected chi connectivity index (χ2v) is 9.33. The molecule has 2 atom stereocenters. The Bertz CT molecular complexity index is 1240. The fourth-order valence-electron chi connectivity index (χ4n) is 4.96. The fraction of sp³-hybridized carbons (Fsp3) is 0.458. The largest absolute Gasteiger partial charge is 0.492 e. The number of piperidine rings is 1. The number of hydrogen-bond acceptors (Lipinski definition) is 8. The van der Waals surface area contributed by atoms with Crippen molar-refractivity contribution in [2.24, 2.45) is 0 Å². The molecule has 3 aromatic rings. The van der Waals surface area contributed by atoms with Crippen LogP contribution in [0.15, 0.2) is 36.9 Å². The van der Waals surface area contributed by atoms with Gasteiger partial charge in [0, 0.05) is 25.1 Å². The van der Waals surface area contributed by atoms with Crippen LogP contribution in [-0.2, 0) is 4.79 Å². The Morgan fingerprint density at radius 1 is 1.23 bits per heavy atom. The number of hydrogen-bond donors (Lipinski definition) is 2. The summed E-state index contributed by atoms with van der Waals surface area (Å²) in [6, 6.07) is 6.65. The van der Waals surface area contributed by atoms with Crippen molar-refractivity contribution in [1.29, 1.82) is 0 Å². The topological polar surface area (TPSA) is 140 Å². The summed E-state index contributed by atoms with van der Waals surface area (Å²) in [5, 5.41) is 11.3. The van der Waals surface area contributed by atoms with Gasteiger partial charge in [0.2, 0.25) is 5.91 Å². The maximum Gasteiger partial charge on any atom is 0.253 e. The monoisotopic (exact) mass is 479 g/mol. The number of aliphatic hydroxyl groups is 1. The molecule has 2 aliphatic rings. The number of ether oxygens (including phenoxy) is 1. The third-order valence-electron chi connectivity index (χ3n) is 6.81. The zero-order valence-electron chi connectivity index (χ0n) is 19.6. The number of amides is 2. The van der Waals surface area contributed by atoms with E-state index < -0.39 is 5.60 Å². The van der Waals surface area contributed by atoms with Gasteiger partial charge in [0.15, 0.2) is 11.5 Å². The molecule has 3 N–H and O–H groups in total. The van der Waals surface area contributed by atoms with Gasteiger partial charge in [0.25, 0.3) is 5.91 Å². The van der Waals surface area contributed by atoms with E-state index in [-0.39, 0.29) is 30.2 Å². The predicted molar refractivity (Wildman–Crippen MR) is 128 cm³/mol. The zero-order chi connectivity index (χ0) is 24.6. The van der Waals surface area contributed by atoms with Gasteiger partial charge in [-0.2, -0.15) is 0 Å². The standard InChI is InChI=1S/C24H29N7O4/c1-24(34)13-30(10-8-18(24)31-15-28-20-21(25)26-14-27-22(20)31)23(33)16-4-6-17(7-5-16)35-12-11-29-9-2-3-19(29)32/h4-7,14-15,18,34H,2-3,8-13H2,1H3,(H2,25,26,27)/t18-,24-/m1/s1. The molecule has 0 saturated carbocycles. The van der Waals surface area contributed by atoms with Crippen molar-refractivity contribution >= 4 is 28.8 Å². The first-order chi connectivity index (χ1) is 16.8. The Hall–Kier alpha value is -3.73. The van der Waals surface area contributed by atoms with Gasteiger partial charge in [0.05, 0.1) is 25.5 Å². The van der Waals surface area contributed by atoms with Gasteiger partial charge in [-0.25, -0.2) is 15.0 Å². The van der Waals surface area contributed by atoms with Crippen LogP contribution in [0.3, 0.4) is 0 Å². The molecule has 2 saturated heterocycles. The van der Waals surface area contributed by atoms with Crippen LogP contribution in [0.2, 0.25) is 0 Å². The van der Waals surface area contributed by atoms with E-state index in [1.807, 2.05) is 9.47 Å². The van der Waals surface area contributed by atoms with Crippen LogP contribution in [-0.4, -0.2) is 84.6 Å². The number of rotatable bonds is 6. The third kappa shape index (κ3) is 4.51. The smallest absolute Gasteiger partial charge is 0.253 e. The Kier molecular flexibility index (Phi) is 6.01. The Labute approximate surface area is 202 Å². The van der Waals surface area contributed by atoms with Crippen molar-refractivity contribution < 1.29 is 19.4 Å². The number of likely N-dealkylation sites (tertiary alicyclic amines) is 2. The molecule has 11 heteroatoms. The van der Waals surface area contributed by atoms with E-state index in [0.29, 0.717) is 55.0 Å². The highest BCUT2D eigenvalue weighted by atomic mass is 16.5. The number of fused-ring (bicyclic) bond motifs is 1. The molecule has 1 aromatic carbocycles. The molecule has 0 radical (unpaired) electrons. The first-order valence-corrected chi connectivity index (χ1v) is 11.8. The lowest BCUT2D eigenvalue weighted by Crippen LogP contribution is -2.54. The second-order valence-electron chi connectivity index (χ2n) is 9.33.